The minimum atomic E-state index is -3.69. The van der Waals surface area contributed by atoms with Gasteiger partial charge in [0.25, 0.3) is 5.91 Å². The van der Waals surface area contributed by atoms with E-state index >= 15 is 0 Å². The van der Waals surface area contributed by atoms with Gasteiger partial charge in [-0.15, -0.1) is 0 Å². The molecule has 0 radical (unpaired) electrons. The standard InChI is InChI=1S/C19H23N3O4S/c1-12-18(13(2)26-21-12)27(24,25)22(17-9-10-17)11-14-3-5-15(6-4-14)19(23)20-16-7-8-16/h3-6,16-17H,7-11H2,1-2H3,(H,20,23). The molecule has 2 aromatic rings. The number of sulfonamides is 1. The SMILES string of the molecule is Cc1noc(C)c1S(=O)(=O)N(Cc1ccc(C(=O)NC2CC2)cc1)C1CC1. The summed E-state index contributed by atoms with van der Waals surface area (Å²) in [7, 11) is -3.69. The van der Waals surface area contributed by atoms with Crippen LogP contribution < -0.4 is 5.32 Å². The number of nitrogens with one attached hydrogen (secondary N) is 1. The Balaban J connectivity index is 1.54. The normalized spacial score (nSPS) is 17.3. The van der Waals surface area contributed by atoms with Crippen molar-refractivity contribution in [3.63, 3.8) is 0 Å². The van der Waals surface area contributed by atoms with Gasteiger partial charge in [0.05, 0.1) is 0 Å². The van der Waals surface area contributed by atoms with Crippen LogP contribution in [0.2, 0.25) is 0 Å². The lowest BCUT2D eigenvalue weighted by Crippen LogP contribution is -2.33. The first kappa shape index (κ1) is 18.2. The van der Waals surface area contributed by atoms with Crippen LogP contribution >= 0.6 is 0 Å². The molecule has 1 aromatic carbocycles. The van der Waals surface area contributed by atoms with Crippen LogP contribution in [-0.2, 0) is 16.6 Å². The average Bonchev–Trinajstić information content (AvgIpc) is 3.54. The van der Waals surface area contributed by atoms with E-state index in [1.165, 1.54) is 4.31 Å². The predicted molar refractivity (Wildman–Crippen MR) is 98.7 cm³/mol. The Morgan fingerprint density at radius 2 is 1.85 bits per heavy atom. The molecule has 27 heavy (non-hydrogen) atoms. The highest BCUT2D eigenvalue weighted by molar-refractivity contribution is 7.89. The van der Waals surface area contributed by atoms with Crippen LogP contribution in [0.25, 0.3) is 0 Å². The number of nitrogens with zero attached hydrogens (tertiary/aromatic N) is 2. The van der Waals surface area contributed by atoms with Crippen molar-refractivity contribution >= 4 is 15.9 Å². The van der Waals surface area contributed by atoms with E-state index in [1.54, 1.807) is 26.0 Å². The molecule has 0 bridgehead atoms. The Kier molecular flexibility index (Phi) is 4.55. The van der Waals surface area contributed by atoms with Crippen LogP contribution in [0.5, 0.6) is 0 Å². The van der Waals surface area contributed by atoms with Crippen molar-refractivity contribution in [3.05, 3.63) is 46.8 Å². The molecule has 144 valence electrons. The molecule has 2 saturated carbocycles. The number of carbonyl (C=O) groups excluding carboxylic acids is 1. The van der Waals surface area contributed by atoms with Crippen LogP contribution in [0.15, 0.2) is 33.7 Å². The summed E-state index contributed by atoms with van der Waals surface area (Å²) in [6.45, 7) is 3.52. The van der Waals surface area contributed by atoms with E-state index in [9.17, 15) is 13.2 Å². The number of amides is 1. The van der Waals surface area contributed by atoms with E-state index in [0.29, 0.717) is 23.1 Å². The lowest BCUT2D eigenvalue weighted by molar-refractivity contribution is 0.0951. The second-order valence-electron chi connectivity index (χ2n) is 7.38. The number of hydrogen-bond acceptors (Lipinski definition) is 5. The van der Waals surface area contributed by atoms with Crippen molar-refractivity contribution in [2.45, 2.75) is 63.1 Å². The number of hydrogen-bond donors (Lipinski definition) is 1. The van der Waals surface area contributed by atoms with E-state index in [0.717, 1.165) is 31.2 Å². The molecule has 2 aliphatic rings. The molecule has 2 aliphatic carbocycles. The molecule has 2 fully saturated rings. The minimum Gasteiger partial charge on any atom is -0.360 e. The van der Waals surface area contributed by atoms with Crippen molar-refractivity contribution in [3.8, 4) is 0 Å². The molecule has 0 saturated heterocycles. The first-order valence-corrected chi connectivity index (χ1v) is 10.6. The lowest BCUT2D eigenvalue weighted by Gasteiger charge is -2.22. The van der Waals surface area contributed by atoms with E-state index in [1.807, 2.05) is 12.1 Å². The monoisotopic (exact) mass is 389 g/mol. The summed E-state index contributed by atoms with van der Waals surface area (Å²) in [6.07, 6.45) is 3.79. The highest BCUT2D eigenvalue weighted by Gasteiger charge is 2.40. The first-order chi connectivity index (χ1) is 12.9. The van der Waals surface area contributed by atoms with Gasteiger partial charge in [0.2, 0.25) is 10.0 Å². The van der Waals surface area contributed by atoms with Crippen molar-refractivity contribution in [2.24, 2.45) is 0 Å². The average molecular weight is 389 g/mol. The van der Waals surface area contributed by atoms with Crippen molar-refractivity contribution < 1.29 is 17.7 Å². The van der Waals surface area contributed by atoms with Crippen LogP contribution in [0.3, 0.4) is 0 Å². The number of carbonyl (C=O) groups is 1. The fraction of sp³-hybridized carbons (Fsp3) is 0.474. The molecule has 1 N–H and O–H groups in total. The van der Waals surface area contributed by atoms with Crippen LogP contribution in [0, 0.1) is 13.8 Å². The third-order valence-corrected chi connectivity index (χ3v) is 7.10. The fourth-order valence-corrected chi connectivity index (χ4v) is 5.14. The van der Waals surface area contributed by atoms with Crippen LogP contribution in [0.4, 0.5) is 0 Å². The first-order valence-electron chi connectivity index (χ1n) is 9.21. The topological polar surface area (TPSA) is 92.5 Å². The highest BCUT2D eigenvalue weighted by atomic mass is 32.2. The van der Waals surface area contributed by atoms with Gasteiger partial charge >= 0.3 is 0 Å². The lowest BCUT2D eigenvalue weighted by atomic mass is 10.1. The van der Waals surface area contributed by atoms with Crippen molar-refractivity contribution in [1.29, 1.82) is 0 Å². The Morgan fingerprint density at radius 1 is 1.19 bits per heavy atom. The maximum absolute atomic E-state index is 13.2. The highest BCUT2D eigenvalue weighted by Crippen LogP contribution is 2.35. The number of benzene rings is 1. The second-order valence-corrected chi connectivity index (χ2v) is 9.21. The van der Waals surface area contributed by atoms with Gasteiger partial charge in [-0.3, -0.25) is 4.79 Å². The molecule has 0 aliphatic heterocycles. The van der Waals surface area contributed by atoms with Crippen LogP contribution in [-0.4, -0.2) is 35.9 Å². The fourth-order valence-electron chi connectivity index (χ4n) is 3.17. The summed E-state index contributed by atoms with van der Waals surface area (Å²) in [4.78, 5) is 12.3. The summed E-state index contributed by atoms with van der Waals surface area (Å²) in [5.74, 6) is 0.233. The van der Waals surface area contributed by atoms with Gasteiger partial charge in [0.1, 0.15) is 10.6 Å². The summed E-state index contributed by atoms with van der Waals surface area (Å²) in [6, 6.07) is 7.45. The molecule has 7 nitrogen and oxygen atoms in total. The van der Waals surface area contributed by atoms with E-state index in [-0.39, 0.29) is 23.4 Å². The molecule has 1 amide bonds. The van der Waals surface area contributed by atoms with Gasteiger partial charge in [-0.05, 0) is 57.2 Å². The van der Waals surface area contributed by atoms with Crippen molar-refractivity contribution in [1.82, 2.24) is 14.8 Å². The number of rotatable bonds is 7. The van der Waals surface area contributed by atoms with Crippen LogP contribution in [0.1, 0.15) is 53.1 Å². The Bertz CT molecular complexity index is 938. The maximum atomic E-state index is 13.2. The Morgan fingerprint density at radius 3 is 2.37 bits per heavy atom. The molecule has 0 unspecified atom stereocenters. The molecule has 1 heterocycles. The van der Waals surface area contributed by atoms with Gasteiger partial charge in [-0.2, -0.15) is 4.31 Å². The smallest absolute Gasteiger partial charge is 0.251 e. The zero-order valence-electron chi connectivity index (χ0n) is 15.4. The van der Waals surface area contributed by atoms with E-state index in [4.69, 9.17) is 4.52 Å². The maximum Gasteiger partial charge on any atom is 0.251 e. The second kappa shape index (κ2) is 6.76. The van der Waals surface area contributed by atoms with Gasteiger partial charge < -0.3 is 9.84 Å². The van der Waals surface area contributed by atoms with Gasteiger partial charge in [-0.1, -0.05) is 17.3 Å². The summed E-state index contributed by atoms with van der Waals surface area (Å²) >= 11 is 0. The zero-order valence-corrected chi connectivity index (χ0v) is 16.3. The predicted octanol–water partition coefficient (Wildman–Crippen LogP) is 2.54. The van der Waals surface area contributed by atoms with Crippen molar-refractivity contribution in [2.75, 3.05) is 0 Å². The van der Waals surface area contributed by atoms with Gasteiger partial charge in [-0.25, -0.2) is 8.42 Å². The summed E-state index contributed by atoms with van der Waals surface area (Å²) in [5, 5.41) is 6.74. The molecule has 4 rings (SSSR count). The molecule has 1 aromatic heterocycles. The quantitative estimate of drug-likeness (QED) is 0.786. The largest absolute Gasteiger partial charge is 0.360 e. The van der Waals surface area contributed by atoms with Gasteiger partial charge in [0, 0.05) is 24.2 Å². The Hall–Kier alpha value is -2.19. The molecular formula is C19H23N3O4S. The van der Waals surface area contributed by atoms with Gasteiger partial charge in [0.15, 0.2) is 5.76 Å². The van der Waals surface area contributed by atoms with E-state index < -0.39 is 10.0 Å². The third-order valence-electron chi connectivity index (χ3n) is 4.96. The minimum absolute atomic E-state index is 0.00143. The molecule has 8 heteroatoms. The Labute approximate surface area is 158 Å². The molecular weight excluding hydrogens is 366 g/mol. The summed E-state index contributed by atoms with van der Waals surface area (Å²) < 4.78 is 33.0. The summed E-state index contributed by atoms with van der Waals surface area (Å²) in [5.41, 5.74) is 1.82. The third kappa shape index (κ3) is 3.77. The molecule has 0 atom stereocenters. The molecule has 0 spiro atoms. The van der Waals surface area contributed by atoms with E-state index in [2.05, 4.69) is 10.5 Å². The number of aromatic nitrogens is 1. The zero-order chi connectivity index (χ0) is 19.2. The number of aryl methyl sites for hydroxylation is 2.